The van der Waals surface area contributed by atoms with Gasteiger partial charge in [0.2, 0.25) is 0 Å². The van der Waals surface area contributed by atoms with E-state index < -0.39 is 6.03 Å². The Kier molecular flexibility index (Phi) is 5.42. The minimum atomic E-state index is -0.419. The SMILES string of the molecule is COCCNC1CCCC(NC(N)=O)C1. The van der Waals surface area contributed by atoms with E-state index in [1.807, 2.05) is 0 Å². The molecule has 5 heteroatoms. The van der Waals surface area contributed by atoms with Gasteiger partial charge in [-0.15, -0.1) is 0 Å². The maximum atomic E-state index is 10.7. The summed E-state index contributed by atoms with van der Waals surface area (Å²) in [6.07, 6.45) is 4.30. The van der Waals surface area contributed by atoms with Gasteiger partial charge in [0.1, 0.15) is 0 Å². The normalized spacial score (nSPS) is 26.2. The van der Waals surface area contributed by atoms with Gasteiger partial charge < -0.3 is 21.1 Å². The fourth-order valence-electron chi connectivity index (χ4n) is 2.07. The van der Waals surface area contributed by atoms with Crippen LogP contribution in [-0.2, 0) is 4.74 Å². The first-order valence-corrected chi connectivity index (χ1v) is 5.50. The van der Waals surface area contributed by atoms with Crippen LogP contribution in [0.4, 0.5) is 4.79 Å². The Hall–Kier alpha value is -0.810. The molecule has 0 bridgehead atoms. The maximum absolute atomic E-state index is 10.7. The molecule has 0 aliphatic heterocycles. The second-order valence-corrected chi connectivity index (χ2v) is 4.02. The molecule has 0 spiro atoms. The quantitative estimate of drug-likeness (QED) is 0.573. The van der Waals surface area contributed by atoms with Gasteiger partial charge in [0.25, 0.3) is 0 Å². The van der Waals surface area contributed by atoms with Crippen molar-refractivity contribution in [1.82, 2.24) is 10.6 Å². The molecule has 1 aliphatic carbocycles. The van der Waals surface area contributed by atoms with Crippen molar-refractivity contribution in [3.05, 3.63) is 0 Å². The van der Waals surface area contributed by atoms with Crippen LogP contribution in [0.2, 0.25) is 0 Å². The van der Waals surface area contributed by atoms with E-state index in [1.165, 1.54) is 6.42 Å². The molecule has 2 amide bonds. The van der Waals surface area contributed by atoms with Gasteiger partial charge in [0, 0.05) is 25.7 Å². The van der Waals surface area contributed by atoms with Gasteiger partial charge in [-0.25, -0.2) is 4.79 Å². The summed E-state index contributed by atoms with van der Waals surface area (Å²) in [5.41, 5.74) is 5.10. The van der Waals surface area contributed by atoms with Crippen LogP contribution in [0.3, 0.4) is 0 Å². The molecule has 1 rings (SSSR count). The van der Waals surface area contributed by atoms with E-state index in [4.69, 9.17) is 10.5 Å². The van der Waals surface area contributed by atoms with Gasteiger partial charge in [-0.3, -0.25) is 0 Å². The fraction of sp³-hybridized carbons (Fsp3) is 0.900. The number of urea groups is 1. The molecule has 1 aliphatic rings. The van der Waals surface area contributed by atoms with Crippen LogP contribution in [0.25, 0.3) is 0 Å². The van der Waals surface area contributed by atoms with Gasteiger partial charge in [0.15, 0.2) is 0 Å². The first-order chi connectivity index (χ1) is 7.22. The molecule has 15 heavy (non-hydrogen) atoms. The lowest BCUT2D eigenvalue weighted by atomic mass is 9.91. The van der Waals surface area contributed by atoms with E-state index in [-0.39, 0.29) is 6.04 Å². The summed E-state index contributed by atoms with van der Waals surface area (Å²) in [5, 5.41) is 6.18. The highest BCUT2D eigenvalue weighted by atomic mass is 16.5. The number of nitrogens with two attached hydrogens (primary N) is 1. The average Bonchev–Trinajstić information content (AvgIpc) is 2.18. The van der Waals surface area contributed by atoms with Crippen molar-refractivity contribution >= 4 is 6.03 Å². The molecule has 0 radical (unpaired) electrons. The van der Waals surface area contributed by atoms with Crippen LogP contribution in [-0.4, -0.2) is 38.4 Å². The lowest BCUT2D eigenvalue weighted by molar-refractivity contribution is 0.189. The topological polar surface area (TPSA) is 76.4 Å². The maximum Gasteiger partial charge on any atom is 0.312 e. The summed E-state index contributed by atoms with van der Waals surface area (Å²) in [7, 11) is 1.69. The molecule has 0 aromatic carbocycles. The third-order valence-electron chi connectivity index (χ3n) is 2.76. The van der Waals surface area contributed by atoms with Crippen molar-refractivity contribution in [2.75, 3.05) is 20.3 Å². The zero-order valence-corrected chi connectivity index (χ0v) is 9.29. The standard InChI is InChI=1S/C10H21N3O2/c1-15-6-5-12-8-3-2-4-9(7-8)13-10(11)14/h8-9,12H,2-7H2,1H3,(H3,11,13,14). The number of rotatable bonds is 5. The van der Waals surface area contributed by atoms with Crippen molar-refractivity contribution in [3.8, 4) is 0 Å². The number of carbonyl (C=O) groups is 1. The van der Waals surface area contributed by atoms with Crippen LogP contribution in [0.5, 0.6) is 0 Å². The Morgan fingerprint density at radius 3 is 2.87 bits per heavy atom. The molecule has 88 valence electrons. The van der Waals surface area contributed by atoms with Crippen molar-refractivity contribution in [1.29, 1.82) is 0 Å². The van der Waals surface area contributed by atoms with E-state index in [0.717, 1.165) is 32.4 Å². The third kappa shape index (κ3) is 4.99. The molecule has 2 atom stereocenters. The van der Waals surface area contributed by atoms with Gasteiger partial charge in [-0.1, -0.05) is 0 Å². The van der Waals surface area contributed by atoms with Crippen LogP contribution < -0.4 is 16.4 Å². The minimum Gasteiger partial charge on any atom is -0.383 e. The molecule has 0 aromatic rings. The Bertz CT molecular complexity index is 199. The molecule has 0 heterocycles. The first-order valence-electron chi connectivity index (χ1n) is 5.50. The van der Waals surface area contributed by atoms with Crippen molar-refractivity contribution < 1.29 is 9.53 Å². The number of methoxy groups -OCH3 is 1. The number of hydrogen-bond acceptors (Lipinski definition) is 3. The number of primary amides is 1. The summed E-state index contributed by atoms with van der Waals surface area (Å²) in [4.78, 5) is 10.7. The Labute approximate surface area is 90.7 Å². The van der Waals surface area contributed by atoms with Gasteiger partial charge >= 0.3 is 6.03 Å². The second-order valence-electron chi connectivity index (χ2n) is 4.02. The van der Waals surface area contributed by atoms with Crippen molar-refractivity contribution in [2.45, 2.75) is 37.8 Å². The van der Waals surface area contributed by atoms with E-state index in [2.05, 4.69) is 10.6 Å². The van der Waals surface area contributed by atoms with Crippen LogP contribution >= 0.6 is 0 Å². The zero-order chi connectivity index (χ0) is 11.1. The van der Waals surface area contributed by atoms with E-state index in [0.29, 0.717) is 6.04 Å². The smallest absolute Gasteiger partial charge is 0.312 e. The first kappa shape index (κ1) is 12.3. The molecular weight excluding hydrogens is 194 g/mol. The molecular formula is C10H21N3O2. The van der Waals surface area contributed by atoms with Crippen molar-refractivity contribution in [3.63, 3.8) is 0 Å². The fourth-order valence-corrected chi connectivity index (χ4v) is 2.07. The number of ether oxygens (including phenoxy) is 1. The Balaban J connectivity index is 2.19. The van der Waals surface area contributed by atoms with Crippen LogP contribution in [0.1, 0.15) is 25.7 Å². The lowest BCUT2D eigenvalue weighted by Gasteiger charge is -2.29. The highest BCUT2D eigenvalue weighted by molar-refractivity contribution is 5.71. The van der Waals surface area contributed by atoms with E-state index >= 15 is 0 Å². The van der Waals surface area contributed by atoms with Crippen LogP contribution in [0.15, 0.2) is 0 Å². The van der Waals surface area contributed by atoms with Gasteiger partial charge in [-0.2, -0.15) is 0 Å². The number of amides is 2. The highest BCUT2D eigenvalue weighted by Gasteiger charge is 2.21. The summed E-state index contributed by atoms with van der Waals surface area (Å²) in [6.45, 7) is 1.59. The number of carbonyl (C=O) groups excluding carboxylic acids is 1. The Morgan fingerprint density at radius 1 is 1.47 bits per heavy atom. The summed E-state index contributed by atoms with van der Waals surface area (Å²) >= 11 is 0. The molecule has 0 aromatic heterocycles. The monoisotopic (exact) mass is 215 g/mol. The molecule has 2 unspecified atom stereocenters. The number of nitrogens with one attached hydrogen (secondary N) is 2. The average molecular weight is 215 g/mol. The molecule has 5 nitrogen and oxygen atoms in total. The number of hydrogen-bond donors (Lipinski definition) is 3. The molecule has 1 saturated carbocycles. The molecule has 0 saturated heterocycles. The minimum absolute atomic E-state index is 0.233. The van der Waals surface area contributed by atoms with Crippen molar-refractivity contribution in [2.24, 2.45) is 5.73 Å². The van der Waals surface area contributed by atoms with Crippen LogP contribution in [0, 0.1) is 0 Å². The predicted octanol–water partition coefficient (Wildman–Crippen LogP) is 0.202. The highest BCUT2D eigenvalue weighted by Crippen LogP contribution is 2.18. The Morgan fingerprint density at radius 2 is 2.20 bits per heavy atom. The van der Waals surface area contributed by atoms with E-state index in [1.54, 1.807) is 7.11 Å². The van der Waals surface area contributed by atoms with Gasteiger partial charge in [0.05, 0.1) is 6.61 Å². The third-order valence-corrected chi connectivity index (χ3v) is 2.76. The predicted molar refractivity (Wildman–Crippen MR) is 58.6 cm³/mol. The molecule has 1 fully saturated rings. The largest absolute Gasteiger partial charge is 0.383 e. The zero-order valence-electron chi connectivity index (χ0n) is 9.29. The second kappa shape index (κ2) is 6.63. The summed E-state index contributed by atoms with van der Waals surface area (Å²) < 4.78 is 4.97. The summed E-state index contributed by atoms with van der Waals surface area (Å²) in [5.74, 6) is 0. The summed E-state index contributed by atoms with van der Waals surface area (Å²) in [6, 6.07) is 0.291. The lowest BCUT2D eigenvalue weighted by Crippen LogP contribution is -2.46. The van der Waals surface area contributed by atoms with Gasteiger partial charge in [-0.05, 0) is 25.7 Å². The molecule has 4 N–H and O–H groups in total. The van der Waals surface area contributed by atoms with E-state index in [9.17, 15) is 4.79 Å².